The molecule has 3 rings (SSSR count). The first kappa shape index (κ1) is 20.6. The van der Waals surface area contributed by atoms with Gasteiger partial charge < -0.3 is 25.0 Å². The van der Waals surface area contributed by atoms with Gasteiger partial charge >= 0.3 is 0 Å². The van der Waals surface area contributed by atoms with Crippen LogP contribution in [-0.2, 0) is 11.2 Å². The molecule has 0 fully saturated rings. The molecule has 0 saturated heterocycles. The van der Waals surface area contributed by atoms with Gasteiger partial charge in [-0.1, -0.05) is 19.2 Å². The van der Waals surface area contributed by atoms with Gasteiger partial charge in [0.15, 0.2) is 0 Å². The smallest absolute Gasteiger partial charge is 0.126 e. The Hall–Kier alpha value is -2.15. The molecule has 0 bridgehead atoms. The van der Waals surface area contributed by atoms with Gasteiger partial charge in [0, 0.05) is 13.1 Å². The van der Waals surface area contributed by atoms with Crippen molar-refractivity contribution >= 4 is 0 Å². The van der Waals surface area contributed by atoms with Gasteiger partial charge in [-0.25, -0.2) is 4.39 Å². The second kappa shape index (κ2) is 9.37. The molecule has 2 aliphatic rings. The van der Waals surface area contributed by atoms with Crippen molar-refractivity contribution in [2.24, 2.45) is 0 Å². The van der Waals surface area contributed by atoms with E-state index in [2.05, 4.69) is 18.5 Å². The Labute approximate surface area is 165 Å². The van der Waals surface area contributed by atoms with Crippen LogP contribution < -0.4 is 10.1 Å². The molecule has 0 aliphatic carbocycles. The summed E-state index contributed by atoms with van der Waals surface area (Å²) < 4.78 is 24.9. The van der Waals surface area contributed by atoms with Crippen molar-refractivity contribution in [2.45, 2.75) is 50.1 Å². The Morgan fingerprint density at radius 1 is 1.07 bits per heavy atom. The molecule has 4 atom stereocenters. The highest BCUT2D eigenvalue weighted by Crippen LogP contribution is 2.29. The van der Waals surface area contributed by atoms with Crippen molar-refractivity contribution in [3.05, 3.63) is 66.2 Å². The van der Waals surface area contributed by atoms with E-state index in [1.807, 2.05) is 0 Å². The molecule has 3 N–H and O–H groups in total. The Morgan fingerprint density at radius 2 is 1.75 bits per heavy atom. The molecule has 0 aromatic heterocycles. The number of benzene rings is 1. The van der Waals surface area contributed by atoms with Crippen molar-refractivity contribution in [3.8, 4) is 5.75 Å². The maximum Gasteiger partial charge on any atom is 0.126 e. The number of allylic oxidation sites excluding steroid dienone is 3. The second-order valence-electron chi connectivity index (χ2n) is 7.23. The van der Waals surface area contributed by atoms with Crippen LogP contribution in [-0.4, -0.2) is 47.7 Å². The summed E-state index contributed by atoms with van der Waals surface area (Å²) in [6.07, 6.45) is 4.03. The van der Waals surface area contributed by atoms with Crippen molar-refractivity contribution in [2.75, 3.05) is 13.1 Å². The molecule has 1 aromatic rings. The highest BCUT2D eigenvalue weighted by atomic mass is 19.1. The monoisotopic (exact) mass is 389 g/mol. The Balaban J connectivity index is 1.45. The number of aliphatic hydroxyl groups excluding tert-OH is 2. The van der Waals surface area contributed by atoms with Crippen LogP contribution in [0.2, 0.25) is 0 Å². The van der Waals surface area contributed by atoms with Crippen LogP contribution in [0.15, 0.2) is 54.8 Å². The first-order valence-electron chi connectivity index (χ1n) is 9.68. The molecule has 5 nitrogen and oxygen atoms in total. The van der Waals surface area contributed by atoms with Crippen LogP contribution in [0.3, 0.4) is 0 Å². The van der Waals surface area contributed by atoms with E-state index in [-0.39, 0.29) is 24.6 Å². The van der Waals surface area contributed by atoms with Gasteiger partial charge in [0.2, 0.25) is 0 Å². The van der Waals surface area contributed by atoms with Crippen LogP contribution in [0.5, 0.6) is 5.75 Å². The van der Waals surface area contributed by atoms with Crippen molar-refractivity contribution in [1.29, 1.82) is 0 Å². The molecule has 1 aromatic carbocycles. The second-order valence-corrected chi connectivity index (χ2v) is 7.23. The van der Waals surface area contributed by atoms with Crippen LogP contribution in [0.25, 0.3) is 0 Å². The summed E-state index contributed by atoms with van der Waals surface area (Å²) in [5, 5.41) is 23.9. The summed E-state index contributed by atoms with van der Waals surface area (Å²) in [5.74, 6) is 1.00. The van der Waals surface area contributed by atoms with Crippen LogP contribution >= 0.6 is 0 Å². The summed E-state index contributed by atoms with van der Waals surface area (Å²) in [7, 11) is 0. The predicted octanol–water partition coefficient (Wildman–Crippen LogP) is 2.64. The Morgan fingerprint density at radius 3 is 2.43 bits per heavy atom. The van der Waals surface area contributed by atoms with Crippen LogP contribution in [0.4, 0.5) is 4.39 Å². The molecule has 0 radical (unpaired) electrons. The summed E-state index contributed by atoms with van der Waals surface area (Å²) in [5.41, 5.74) is 1.82. The van der Waals surface area contributed by atoms with Gasteiger partial charge in [0.25, 0.3) is 0 Å². The number of hydrogen-bond donors (Lipinski definition) is 3. The van der Waals surface area contributed by atoms with Gasteiger partial charge in [-0.3, -0.25) is 0 Å². The van der Waals surface area contributed by atoms with Gasteiger partial charge in [-0.05, 0) is 61.1 Å². The van der Waals surface area contributed by atoms with Gasteiger partial charge in [-0.15, -0.1) is 0 Å². The lowest BCUT2D eigenvalue weighted by atomic mass is 9.98. The predicted molar refractivity (Wildman–Crippen MR) is 106 cm³/mol. The molecule has 0 saturated carbocycles. The number of fused-ring (bicyclic) bond motifs is 1. The zero-order valence-corrected chi connectivity index (χ0v) is 15.9. The molecule has 2 heterocycles. The first-order chi connectivity index (χ1) is 13.5. The van der Waals surface area contributed by atoms with E-state index in [4.69, 9.17) is 9.47 Å². The van der Waals surface area contributed by atoms with E-state index < -0.39 is 12.2 Å². The zero-order chi connectivity index (χ0) is 20.1. The minimum atomic E-state index is -0.728. The van der Waals surface area contributed by atoms with Gasteiger partial charge in [0.05, 0.1) is 0 Å². The highest BCUT2D eigenvalue weighted by Gasteiger charge is 2.28. The van der Waals surface area contributed by atoms with Crippen LogP contribution in [0, 0.1) is 5.82 Å². The fraction of sp³-hybridized carbons (Fsp3) is 0.455. The third kappa shape index (κ3) is 4.82. The molecule has 0 spiro atoms. The van der Waals surface area contributed by atoms with Crippen molar-refractivity contribution in [1.82, 2.24) is 5.32 Å². The highest BCUT2D eigenvalue weighted by molar-refractivity contribution is 5.36. The quantitative estimate of drug-likeness (QED) is 0.638. The SMILES string of the molecule is C=CC1=C(C=C)OC(C(O)CNCC(O)C2CCc3cc(F)ccc3O2)CC1. The lowest BCUT2D eigenvalue weighted by Gasteiger charge is -2.31. The van der Waals surface area contributed by atoms with E-state index in [9.17, 15) is 14.6 Å². The van der Waals surface area contributed by atoms with Crippen molar-refractivity contribution in [3.63, 3.8) is 0 Å². The maximum atomic E-state index is 13.3. The van der Waals surface area contributed by atoms with Crippen LogP contribution in [0.1, 0.15) is 24.8 Å². The van der Waals surface area contributed by atoms with E-state index in [1.54, 1.807) is 18.2 Å². The number of aliphatic hydroxyl groups is 2. The standard InChI is InChI=1S/C22H28FNO4/c1-3-14-5-8-21(27-19(14)4-2)17(25)12-24-13-18(26)22-9-6-15-11-16(23)7-10-20(15)28-22/h3-4,7,10-11,17-18,21-22,24-26H,1-2,5-6,8-9,12-13H2. The topological polar surface area (TPSA) is 71.0 Å². The molecule has 28 heavy (non-hydrogen) atoms. The van der Waals surface area contributed by atoms with Gasteiger partial charge in [-0.2, -0.15) is 0 Å². The largest absolute Gasteiger partial charge is 0.487 e. The number of rotatable bonds is 8. The minimum absolute atomic E-state index is 0.281. The summed E-state index contributed by atoms with van der Waals surface area (Å²) >= 11 is 0. The maximum absolute atomic E-state index is 13.3. The lowest BCUT2D eigenvalue weighted by Crippen LogP contribution is -2.45. The number of aryl methyl sites for hydroxylation is 1. The summed E-state index contributed by atoms with van der Waals surface area (Å²) in [4.78, 5) is 0. The number of halogens is 1. The normalized spacial score (nSPS) is 23.8. The molecule has 6 heteroatoms. The van der Waals surface area contributed by atoms with E-state index >= 15 is 0 Å². The first-order valence-corrected chi connectivity index (χ1v) is 9.68. The molecule has 2 aliphatic heterocycles. The van der Waals surface area contributed by atoms with E-state index in [0.717, 1.165) is 17.6 Å². The lowest BCUT2D eigenvalue weighted by molar-refractivity contribution is -0.0161. The molecule has 4 unspecified atom stereocenters. The average Bonchev–Trinajstić information content (AvgIpc) is 2.72. The minimum Gasteiger partial charge on any atom is -0.487 e. The zero-order valence-electron chi connectivity index (χ0n) is 15.9. The molecule has 0 amide bonds. The molecular weight excluding hydrogens is 361 g/mol. The third-order valence-electron chi connectivity index (χ3n) is 5.29. The Bertz CT molecular complexity index is 748. The van der Waals surface area contributed by atoms with E-state index in [1.165, 1.54) is 12.1 Å². The molecule has 152 valence electrons. The summed E-state index contributed by atoms with van der Waals surface area (Å²) in [6, 6.07) is 4.43. The number of hydrogen-bond acceptors (Lipinski definition) is 5. The van der Waals surface area contributed by atoms with E-state index in [0.29, 0.717) is 37.3 Å². The number of nitrogens with one attached hydrogen (secondary N) is 1. The third-order valence-corrected chi connectivity index (χ3v) is 5.29. The fourth-order valence-corrected chi connectivity index (χ4v) is 3.66. The van der Waals surface area contributed by atoms with Gasteiger partial charge in [0.1, 0.15) is 41.7 Å². The summed E-state index contributed by atoms with van der Waals surface area (Å²) in [6.45, 7) is 8.08. The van der Waals surface area contributed by atoms with Crippen molar-refractivity contribution < 1.29 is 24.1 Å². The average molecular weight is 389 g/mol. The molecular formula is C22H28FNO4. The number of ether oxygens (including phenoxy) is 2. The Kier molecular flexibility index (Phi) is 6.88. The fourth-order valence-electron chi connectivity index (χ4n) is 3.66.